The van der Waals surface area contributed by atoms with Crippen molar-refractivity contribution in [1.82, 2.24) is 24.6 Å². The number of methoxy groups -OCH3 is 1. The van der Waals surface area contributed by atoms with Gasteiger partial charge < -0.3 is 19.7 Å². The maximum atomic E-state index is 12.7. The van der Waals surface area contributed by atoms with Gasteiger partial charge in [-0.1, -0.05) is 0 Å². The van der Waals surface area contributed by atoms with Crippen molar-refractivity contribution in [2.75, 3.05) is 25.5 Å². The van der Waals surface area contributed by atoms with Crippen LogP contribution >= 0.6 is 0 Å². The molecule has 1 fully saturated rings. The molecule has 0 atom stereocenters. The van der Waals surface area contributed by atoms with Crippen LogP contribution in [0.25, 0.3) is 22.2 Å². The summed E-state index contributed by atoms with van der Waals surface area (Å²) in [7, 11) is 3.43. The molecule has 10 heteroatoms. The molecule has 0 saturated carbocycles. The Morgan fingerprint density at radius 3 is 2.73 bits per heavy atom. The van der Waals surface area contributed by atoms with Crippen LogP contribution in [0.15, 0.2) is 24.5 Å². The molecule has 0 radical (unpaired) electrons. The number of anilines is 1. The molecule has 10 nitrogen and oxygen atoms in total. The van der Waals surface area contributed by atoms with Crippen LogP contribution in [0, 0.1) is 5.92 Å². The molecule has 3 heterocycles. The van der Waals surface area contributed by atoms with E-state index in [0.29, 0.717) is 48.7 Å². The summed E-state index contributed by atoms with van der Waals surface area (Å²) in [5, 5.41) is 16.0. The van der Waals surface area contributed by atoms with Crippen molar-refractivity contribution < 1.29 is 19.4 Å². The molecule has 1 aromatic carbocycles. The maximum Gasteiger partial charge on any atom is 0.324 e. The lowest BCUT2D eigenvalue weighted by atomic mass is 9.94. The van der Waals surface area contributed by atoms with Crippen LogP contribution in [0.3, 0.4) is 0 Å². The van der Waals surface area contributed by atoms with Crippen LogP contribution in [0.1, 0.15) is 19.3 Å². The number of aryl methyl sites for hydroxylation is 1. The molecule has 1 aliphatic rings. The van der Waals surface area contributed by atoms with Crippen LogP contribution in [0.4, 0.5) is 10.7 Å². The van der Waals surface area contributed by atoms with Gasteiger partial charge in [-0.25, -0.2) is 9.78 Å². The second-order valence-electron chi connectivity index (χ2n) is 7.49. The lowest BCUT2D eigenvalue weighted by Crippen LogP contribution is -2.41. The molecular weight excluding hydrogens is 388 g/mol. The van der Waals surface area contributed by atoms with Crippen LogP contribution in [-0.2, 0) is 11.8 Å². The number of carboxylic acid groups (broad SMARTS) is 1. The van der Waals surface area contributed by atoms with Gasteiger partial charge >= 0.3 is 12.0 Å². The molecule has 3 N–H and O–H groups in total. The minimum absolute atomic E-state index is 0.115. The number of hydrogen-bond acceptors (Lipinski definition) is 5. The van der Waals surface area contributed by atoms with E-state index in [1.54, 1.807) is 22.9 Å². The third-order valence-electron chi connectivity index (χ3n) is 5.43. The number of fused-ring (bicyclic) bond motifs is 1. The zero-order valence-corrected chi connectivity index (χ0v) is 16.9. The van der Waals surface area contributed by atoms with E-state index in [-0.39, 0.29) is 18.4 Å². The number of carbonyl (C=O) groups excluding carboxylic acids is 1. The first-order valence-corrected chi connectivity index (χ1v) is 9.78. The van der Waals surface area contributed by atoms with Gasteiger partial charge in [0.05, 0.1) is 13.3 Å². The molecule has 1 saturated heterocycles. The monoisotopic (exact) mass is 412 g/mol. The Labute approximate surface area is 172 Å². The lowest BCUT2D eigenvalue weighted by molar-refractivity contribution is -0.138. The fourth-order valence-corrected chi connectivity index (χ4v) is 3.86. The number of aromatic amines is 1. The van der Waals surface area contributed by atoms with E-state index < -0.39 is 5.97 Å². The number of hydrogen-bond donors (Lipinski definition) is 3. The van der Waals surface area contributed by atoms with Crippen molar-refractivity contribution in [2.45, 2.75) is 19.3 Å². The Kier molecular flexibility index (Phi) is 5.30. The van der Waals surface area contributed by atoms with Crippen LogP contribution in [0.2, 0.25) is 0 Å². The van der Waals surface area contributed by atoms with E-state index in [2.05, 4.69) is 20.4 Å². The predicted octanol–water partition coefficient (Wildman–Crippen LogP) is 2.69. The average molecular weight is 412 g/mol. The van der Waals surface area contributed by atoms with Crippen LogP contribution < -0.4 is 10.1 Å². The molecule has 3 aromatic rings. The first-order valence-electron chi connectivity index (χ1n) is 9.78. The number of H-pyrrole nitrogens is 1. The van der Waals surface area contributed by atoms with Crippen molar-refractivity contribution >= 4 is 29.0 Å². The molecule has 158 valence electrons. The number of carbonyl (C=O) groups is 2. The largest absolute Gasteiger partial charge is 0.494 e. The van der Waals surface area contributed by atoms with Crippen molar-refractivity contribution in [1.29, 1.82) is 0 Å². The summed E-state index contributed by atoms with van der Waals surface area (Å²) in [4.78, 5) is 33.0. The molecule has 0 bridgehead atoms. The fourth-order valence-electron chi connectivity index (χ4n) is 3.86. The first kappa shape index (κ1) is 19.7. The number of amides is 2. The molecule has 4 rings (SSSR count). The van der Waals surface area contributed by atoms with Gasteiger partial charge in [0.1, 0.15) is 16.8 Å². The van der Waals surface area contributed by atoms with Crippen molar-refractivity contribution in [3.8, 4) is 16.9 Å². The number of rotatable bonds is 5. The van der Waals surface area contributed by atoms with Crippen molar-refractivity contribution in [3.05, 3.63) is 24.5 Å². The predicted molar refractivity (Wildman–Crippen MR) is 110 cm³/mol. The maximum absolute atomic E-state index is 12.7. The zero-order chi connectivity index (χ0) is 21.3. The van der Waals surface area contributed by atoms with E-state index in [4.69, 9.17) is 9.84 Å². The highest BCUT2D eigenvalue weighted by atomic mass is 16.5. The molecule has 0 aliphatic carbocycles. The number of aromatic nitrogens is 4. The Morgan fingerprint density at radius 2 is 2.10 bits per heavy atom. The van der Waals surface area contributed by atoms with E-state index in [9.17, 15) is 9.59 Å². The van der Waals surface area contributed by atoms with E-state index >= 15 is 0 Å². The number of benzene rings is 1. The van der Waals surface area contributed by atoms with Gasteiger partial charge in [-0.15, -0.1) is 0 Å². The Hall–Kier alpha value is -3.56. The number of nitrogens with one attached hydrogen (secondary N) is 2. The summed E-state index contributed by atoms with van der Waals surface area (Å²) in [6.45, 7) is 1.04. The van der Waals surface area contributed by atoms with E-state index in [1.165, 1.54) is 0 Å². The Morgan fingerprint density at radius 1 is 1.33 bits per heavy atom. The zero-order valence-electron chi connectivity index (χ0n) is 16.9. The molecular formula is C20H24N6O4. The third kappa shape index (κ3) is 3.93. The second kappa shape index (κ2) is 8.05. The number of nitrogens with zero attached hydrogens (tertiary/aromatic N) is 4. The molecule has 2 amide bonds. The first-order chi connectivity index (χ1) is 14.4. The smallest absolute Gasteiger partial charge is 0.324 e. The summed E-state index contributed by atoms with van der Waals surface area (Å²) in [6, 6.07) is 3.50. The number of urea groups is 1. The summed E-state index contributed by atoms with van der Waals surface area (Å²) in [5.74, 6) is 0.278. The van der Waals surface area contributed by atoms with Gasteiger partial charge in [0.15, 0.2) is 0 Å². The fraction of sp³-hybridized carbons (Fsp3) is 0.400. The molecule has 0 unspecified atom stereocenters. The standard InChI is InChI=1S/C20H24N6O4/c1-25-11-13(10-21-25)14-3-4-15(30-2)18-17(14)22-19(23-18)24-20(29)26-7-5-12(6-8-26)9-16(27)28/h3-4,10-12H,5-9H2,1-2H3,(H,27,28)(H2,22,23,24,29). The number of imidazole rings is 1. The Balaban J connectivity index is 1.53. The molecule has 1 aliphatic heterocycles. The van der Waals surface area contributed by atoms with Crippen molar-refractivity contribution in [2.24, 2.45) is 13.0 Å². The van der Waals surface area contributed by atoms with Crippen LogP contribution in [-0.4, -0.2) is 62.0 Å². The molecule has 2 aromatic heterocycles. The minimum Gasteiger partial charge on any atom is -0.494 e. The number of ether oxygens (including phenoxy) is 1. The summed E-state index contributed by atoms with van der Waals surface area (Å²) < 4.78 is 7.16. The minimum atomic E-state index is -0.793. The van der Waals surface area contributed by atoms with Gasteiger partial charge in [-0.3, -0.25) is 14.8 Å². The number of piperidine rings is 1. The highest BCUT2D eigenvalue weighted by Gasteiger charge is 2.25. The number of likely N-dealkylation sites (tertiary alicyclic amines) is 1. The second-order valence-corrected chi connectivity index (χ2v) is 7.49. The summed E-state index contributed by atoms with van der Waals surface area (Å²) in [6.07, 6.45) is 5.17. The summed E-state index contributed by atoms with van der Waals surface area (Å²) >= 11 is 0. The van der Waals surface area contributed by atoms with Crippen LogP contribution in [0.5, 0.6) is 5.75 Å². The number of aliphatic carboxylic acids is 1. The SMILES string of the molecule is COc1ccc(-c2cnn(C)c2)c2nc(NC(=O)N3CCC(CC(=O)O)CC3)[nH]c12. The topological polar surface area (TPSA) is 125 Å². The third-order valence-corrected chi connectivity index (χ3v) is 5.43. The van der Waals surface area contributed by atoms with Gasteiger partial charge in [-0.2, -0.15) is 5.10 Å². The lowest BCUT2D eigenvalue weighted by Gasteiger charge is -2.31. The van der Waals surface area contributed by atoms with Crippen molar-refractivity contribution in [3.63, 3.8) is 0 Å². The summed E-state index contributed by atoms with van der Waals surface area (Å²) in [5.41, 5.74) is 3.16. The Bertz CT molecular complexity index is 1080. The van der Waals surface area contributed by atoms with Gasteiger partial charge in [0.25, 0.3) is 0 Å². The van der Waals surface area contributed by atoms with E-state index in [0.717, 1.165) is 11.1 Å². The number of carboxylic acids is 1. The molecule has 0 spiro atoms. The quantitative estimate of drug-likeness (QED) is 0.592. The van der Waals surface area contributed by atoms with E-state index in [1.807, 2.05) is 25.4 Å². The molecule has 30 heavy (non-hydrogen) atoms. The highest BCUT2D eigenvalue weighted by Crippen LogP contribution is 2.33. The normalized spacial score (nSPS) is 14.8. The van der Waals surface area contributed by atoms with Gasteiger partial charge in [0.2, 0.25) is 5.95 Å². The van der Waals surface area contributed by atoms with Gasteiger partial charge in [0, 0.05) is 43.9 Å². The van der Waals surface area contributed by atoms with Gasteiger partial charge in [-0.05, 0) is 30.9 Å². The average Bonchev–Trinajstić information content (AvgIpc) is 3.33. The highest BCUT2D eigenvalue weighted by molar-refractivity contribution is 5.98.